The van der Waals surface area contributed by atoms with E-state index in [1.807, 2.05) is 0 Å². The lowest BCUT2D eigenvalue weighted by atomic mass is 9.94. The highest BCUT2D eigenvalue weighted by atomic mass is 79.9. The van der Waals surface area contributed by atoms with Gasteiger partial charge in [-0.2, -0.15) is 13.2 Å². The zero-order valence-corrected chi connectivity index (χ0v) is 16.1. The largest absolute Gasteiger partial charge is 0.416 e. The molecule has 0 bridgehead atoms. The van der Waals surface area contributed by atoms with E-state index in [9.17, 15) is 22.8 Å². The number of carbonyl (C=O) groups excluding carboxylic acids is 2. The van der Waals surface area contributed by atoms with Gasteiger partial charge in [0.05, 0.1) is 17.2 Å². The summed E-state index contributed by atoms with van der Waals surface area (Å²) < 4.78 is 39.3. The molecule has 0 saturated carbocycles. The smallest absolute Gasteiger partial charge is 0.327 e. The second kappa shape index (κ2) is 7.67. The number of carbonyl (C=O) groups is 2. The van der Waals surface area contributed by atoms with E-state index in [0.29, 0.717) is 16.9 Å². The molecule has 146 valence electrons. The fourth-order valence-electron chi connectivity index (χ4n) is 2.84. The van der Waals surface area contributed by atoms with Gasteiger partial charge in [-0.05, 0) is 48.9 Å². The first-order chi connectivity index (χ1) is 13.1. The average Bonchev–Trinajstić information content (AvgIpc) is 2.62. The number of allylic oxidation sites excluding steroid dienone is 1. The Morgan fingerprint density at radius 3 is 2.25 bits per heavy atom. The Morgan fingerprint density at radius 1 is 1.07 bits per heavy atom. The summed E-state index contributed by atoms with van der Waals surface area (Å²) in [5.74, 6) is -0.475. The first-order valence-corrected chi connectivity index (χ1v) is 8.97. The number of hydrogen-bond donors (Lipinski definition) is 3. The number of hydrogen-bond acceptors (Lipinski definition) is 2. The van der Waals surface area contributed by atoms with Crippen molar-refractivity contribution >= 4 is 33.6 Å². The Morgan fingerprint density at radius 2 is 1.68 bits per heavy atom. The quantitative estimate of drug-likeness (QED) is 0.628. The summed E-state index contributed by atoms with van der Waals surface area (Å²) >= 11 is 3.30. The second-order valence-corrected chi connectivity index (χ2v) is 7.07. The van der Waals surface area contributed by atoms with Crippen molar-refractivity contribution in [2.45, 2.75) is 19.1 Å². The normalized spacial score (nSPS) is 17.0. The van der Waals surface area contributed by atoms with Crippen molar-refractivity contribution < 1.29 is 22.8 Å². The second-order valence-electron chi connectivity index (χ2n) is 6.15. The fraction of sp³-hybridized carbons (Fsp3) is 0.158. The van der Waals surface area contributed by atoms with E-state index in [0.717, 1.165) is 16.6 Å². The molecular formula is C19H15BrF3N3O2. The fourth-order valence-corrected chi connectivity index (χ4v) is 3.11. The van der Waals surface area contributed by atoms with Gasteiger partial charge in [0.2, 0.25) is 0 Å². The maximum absolute atomic E-state index is 12.8. The monoisotopic (exact) mass is 453 g/mol. The Labute approximate surface area is 167 Å². The first-order valence-electron chi connectivity index (χ1n) is 8.17. The van der Waals surface area contributed by atoms with Crippen LogP contribution in [0.3, 0.4) is 0 Å². The third kappa shape index (κ3) is 4.36. The Hall–Kier alpha value is -2.81. The highest BCUT2D eigenvalue weighted by Crippen LogP contribution is 2.32. The molecule has 0 saturated heterocycles. The standard InChI is InChI=1S/C19H15BrF3N3O2/c1-10-15(17(27)25-14-8-6-13(20)7-9-14)16(26-18(28)24-10)11-2-4-12(5-3-11)19(21,22)23/h2-9,16H,1H3,(H,25,27)(H2,24,26,28)/t16-/m0/s1. The van der Waals surface area contributed by atoms with Crippen LogP contribution >= 0.6 is 15.9 Å². The number of rotatable bonds is 3. The van der Waals surface area contributed by atoms with Gasteiger partial charge in [-0.3, -0.25) is 4.79 Å². The Kier molecular flexibility index (Phi) is 5.46. The van der Waals surface area contributed by atoms with E-state index < -0.39 is 29.7 Å². The predicted molar refractivity (Wildman–Crippen MR) is 101 cm³/mol. The first kappa shape index (κ1) is 19.9. The van der Waals surface area contributed by atoms with Gasteiger partial charge in [0.1, 0.15) is 0 Å². The maximum Gasteiger partial charge on any atom is 0.416 e. The predicted octanol–water partition coefficient (Wildman–Crippen LogP) is 4.73. The summed E-state index contributed by atoms with van der Waals surface area (Å²) in [6.07, 6.45) is -4.47. The van der Waals surface area contributed by atoms with E-state index >= 15 is 0 Å². The number of amides is 3. The van der Waals surface area contributed by atoms with Crippen LogP contribution in [-0.2, 0) is 11.0 Å². The molecule has 1 aliphatic heterocycles. The summed E-state index contributed by atoms with van der Waals surface area (Å²) in [5, 5.41) is 7.84. The van der Waals surface area contributed by atoms with Crippen LogP contribution in [0.25, 0.3) is 0 Å². The van der Waals surface area contributed by atoms with Gasteiger partial charge in [-0.1, -0.05) is 28.1 Å². The van der Waals surface area contributed by atoms with Gasteiger partial charge in [-0.25, -0.2) is 4.79 Å². The molecule has 1 atom stereocenters. The van der Waals surface area contributed by atoms with Gasteiger partial charge in [-0.15, -0.1) is 0 Å². The minimum Gasteiger partial charge on any atom is -0.327 e. The van der Waals surface area contributed by atoms with E-state index in [1.54, 1.807) is 31.2 Å². The molecule has 0 spiro atoms. The van der Waals surface area contributed by atoms with Crippen LogP contribution in [0, 0.1) is 0 Å². The molecule has 3 N–H and O–H groups in total. The minimum atomic E-state index is -4.47. The third-order valence-electron chi connectivity index (χ3n) is 4.19. The van der Waals surface area contributed by atoms with Crippen molar-refractivity contribution in [1.29, 1.82) is 0 Å². The van der Waals surface area contributed by atoms with E-state index in [2.05, 4.69) is 31.9 Å². The maximum atomic E-state index is 12.8. The zero-order valence-electron chi connectivity index (χ0n) is 14.5. The van der Waals surface area contributed by atoms with Crippen LogP contribution in [0.5, 0.6) is 0 Å². The summed E-state index contributed by atoms with van der Waals surface area (Å²) in [6.45, 7) is 1.56. The molecule has 1 heterocycles. The molecule has 28 heavy (non-hydrogen) atoms. The minimum absolute atomic E-state index is 0.210. The van der Waals surface area contributed by atoms with Crippen LogP contribution in [0.2, 0.25) is 0 Å². The zero-order chi connectivity index (χ0) is 20.5. The van der Waals surface area contributed by atoms with Gasteiger partial charge >= 0.3 is 12.2 Å². The molecule has 0 aromatic heterocycles. The molecular weight excluding hydrogens is 439 g/mol. The summed E-state index contributed by atoms with van der Waals surface area (Å²) in [5.41, 5.74) is 0.628. The molecule has 0 radical (unpaired) electrons. The van der Waals surface area contributed by atoms with Crippen LogP contribution in [-0.4, -0.2) is 11.9 Å². The summed E-state index contributed by atoms with van der Waals surface area (Å²) in [6, 6.07) is 9.81. The van der Waals surface area contributed by atoms with E-state index in [4.69, 9.17) is 0 Å². The van der Waals surface area contributed by atoms with Gasteiger partial charge < -0.3 is 16.0 Å². The summed E-state index contributed by atoms with van der Waals surface area (Å²) in [4.78, 5) is 24.7. The average molecular weight is 454 g/mol. The van der Waals surface area contributed by atoms with Gasteiger partial charge in [0, 0.05) is 15.9 Å². The number of halogens is 4. The van der Waals surface area contributed by atoms with Gasteiger partial charge in [0.15, 0.2) is 0 Å². The van der Waals surface area contributed by atoms with Crippen molar-refractivity contribution in [3.8, 4) is 0 Å². The van der Waals surface area contributed by atoms with Crippen molar-refractivity contribution in [3.63, 3.8) is 0 Å². The van der Waals surface area contributed by atoms with Crippen molar-refractivity contribution in [2.75, 3.05) is 5.32 Å². The lowest BCUT2D eigenvalue weighted by Crippen LogP contribution is -2.46. The Balaban J connectivity index is 1.92. The molecule has 3 rings (SSSR count). The van der Waals surface area contributed by atoms with Crippen LogP contribution in [0.15, 0.2) is 64.3 Å². The molecule has 2 aromatic carbocycles. The number of alkyl halides is 3. The molecule has 2 aromatic rings. The molecule has 5 nitrogen and oxygen atoms in total. The van der Waals surface area contributed by atoms with Gasteiger partial charge in [0.25, 0.3) is 5.91 Å². The van der Waals surface area contributed by atoms with Crippen LogP contribution in [0.4, 0.5) is 23.7 Å². The molecule has 1 aliphatic rings. The van der Waals surface area contributed by atoms with Crippen molar-refractivity contribution in [3.05, 3.63) is 75.4 Å². The molecule has 3 amide bonds. The molecule has 0 fully saturated rings. The Bertz CT molecular complexity index is 938. The SMILES string of the molecule is CC1=C(C(=O)Nc2ccc(Br)cc2)[C@H](c2ccc(C(F)(F)F)cc2)NC(=O)N1. The van der Waals surface area contributed by atoms with E-state index in [-0.39, 0.29) is 5.57 Å². The summed E-state index contributed by atoms with van der Waals surface area (Å²) in [7, 11) is 0. The molecule has 0 unspecified atom stereocenters. The number of urea groups is 1. The van der Waals surface area contributed by atoms with Crippen molar-refractivity contribution in [1.82, 2.24) is 10.6 Å². The lowest BCUT2D eigenvalue weighted by molar-refractivity contribution is -0.137. The molecule has 9 heteroatoms. The highest BCUT2D eigenvalue weighted by Gasteiger charge is 2.33. The lowest BCUT2D eigenvalue weighted by Gasteiger charge is -2.29. The number of benzene rings is 2. The number of anilines is 1. The highest BCUT2D eigenvalue weighted by molar-refractivity contribution is 9.10. The van der Waals surface area contributed by atoms with Crippen LogP contribution < -0.4 is 16.0 Å². The van der Waals surface area contributed by atoms with E-state index in [1.165, 1.54) is 12.1 Å². The van der Waals surface area contributed by atoms with Crippen LogP contribution in [0.1, 0.15) is 24.1 Å². The molecule has 0 aliphatic carbocycles. The van der Waals surface area contributed by atoms with Crippen molar-refractivity contribution in [2.24, 2.45) is 0 Å². The number of nitrogens with one attached hydrogen (secondary N) is 3. The topological polar surface area (TPSA) is 70.2 Å². The third-order valence-corrected chi connectivity index (χ3v) is 4.72.